The number of phenols is 1. The molecule has 0 aliphatic rings. The third-order valence-corrected chi connectivity index (χ3v) is 1.60. The maximum Gasteiger partial charge on any atom is 0.116 e. The van der Waals surface area contributed by atoms with Gasteiger partial charge in [0.2, 0.25) is 0 Å². The van der Waals surface area contributed by atoms with E-state index in [-0.39, 0.29) is 12.3 Å². The first kappa shape index (κ1) is 8.92. The fourth-order valence-electron chi connectivity index (χ4n) is 0.755. The normalized spacial score (nSPS) is 8.83. The predicted octanol–water partition coefficient (Wildman–Crippen LogP) is 1.36. The van der Waals surface area contributed by atoms with E-state index in [4.69, 9.17) is 22.4 Å². The highest BCUT2D eigenvalue weighted by Crippen LogP contribution is 2.19. The Morgan fingerprint density at radius 1 is 1.50 bits per heavy atom. The molecule has 0 heterocycles. The van der Waals surface area contributed by atoms with E-state index in [0.29, 0.717) is 10.6 Å². The van der Waals surface area contributed by atoms with E-state index in [1.54, 1.807) is 6.07 Å². The van der Waals surface area contributed by atoms with Crippen LogP contribution in [0.3, 0.4) is 0 Å². The summed E-state index contributed by atoms with van der Waals surface area (Å²) in [6, 6.07) is 4.61. The van der Waals surface area contributed by atoms with Gasteiger partial charge in [-0.15, -0.1) is 0 Å². The molecule has 1 aromatic carbocycles. The lowest BCUT2D eigenvalue weighted by Crippen LogP contribution is -1.93. The predicted molar refractivity (Wildman–Crippen MR) is 49.0 cm³/mol. The highest BCUT2D eigenvalue weighted by atomic mass is 35.5. The fraction of sp³-hybridized carbons (Fsp3) is 0.111. The minimum atomic E-state index is 0.153. The second-order valence-corrected chi connectivity index (χ2v) is 2.58. The van der Waals surface area contributed by atoms with Gasteiger partial charge in [-0.05, 0) is 18.2 Å². The Bertz CT molecular complexity index is 338. The monoisotopic (exact) mass is 181 g/mol. The van der Waals surface area contributed by atoms with Crippen LogP contribution in [0.25, 0.3) is 0 Å². The average molecular weight is 182 g/mol. The van der Waals surface area contributed by atoms with Gasteiger partial charge in [0.1, 0.15) is 5.75 Å². The van der Waals surface area contributed by atoms with Gasteiger partial charge < -0.3 is 10.8 Å². The molecule has 3 heteroatoms. The van der Waals surface area contributed by atoms with E-state index in [0.717, 1.165) is 0 Å². The Hall–Kier alpha value is -1.17. The van der Waals surface area contributed by atoms with Gasteiger partial charge in [-0.25, -0.2) is 0 Å². The molecule has 0 fully saturated rings. The van der Waals surface area contributed by atoms with Crippen LogP contribution in [-0.4, -0.2) is 11.7 Å². The summed E-state index contributed by atoms with van der Waals surface area (Å²) in [7, 11) is 0. The van der Waals surface area contributed by atoms with Crippen LogP contribution in [-0.2, 0) is 0 Å². The molecule has 0 spiro atoms. The molecule has 0 aliphatic heterocycles. The second-order valence-electron chi connectivity index (χ2n) is 2.17. The first-order chi connectivity index (χ1) is 5.74. The lowest BCUT2D eigenvalue weighted by molar-refractivity contribution is 0.475. The van der Waals surface area contributed by atoms with Crippen molar-refractivity contribution >= 4 is 11.6 Å². The topological polar surface area (TPSA) is 46.2 Å². The van der Waals surface area contributed by atoms with E-state index in [1.807, 2.05) is 0 Å². The van der Waals surface area contributed by atoms with Crippen molar-refractivity contribution in [3.63, 3.8) is 0 Å². The van der Waals surface area contributed by atoms with Gasteiger partial charge in [0.25, 0.3) is 0 Å². The van der Waals surface area contributed by atoms with Crippen LogP contribution in [0.2, 0.25) is 5.02 Å². The number of rotatable bonds is 0. The molecule has 3 N–H and O–H groups in total. The number of hydrogen-bond donors (Lipinski definition) is 2. The smallest absolute Gasteiger partial charge is 0.116 e. The molecule has 1 rings (SSSR count). The van der Waals surface area contributed by atoms with Crippen LogP contribution in [0.15, 0.2) is 18.2 Å². The summed E-state index contributed by atoms with van der Waals surface area (Å²) in [5, 5.41) is 9.60. The van der Waals surface area contributed by atoms with Gasteiger partial charge in [-0.2, -0.15) is 0 Å². The Balaban J connectivity index is 3.05. The second kappa shape index (κ2) is 4.01. The first-order valence-corrected chi connectivity index (χ1v) is 3.79. The van der Waals surface area contributed by atoms with E-state index in [1.165, 1.54) is 12.1 Å². The molecule has 62 valence electrons. The minimum Gasteiger partial charge on any atom is -0.508 e. The van der Waals surface area contributed by atoms with Gasteiger partial charge in [0, 0.05) is 5.56 Å². The molecule has 12 heavy (non-hydrogen) atoms. The van der Waals surface area contributed by atoms with Crippen LogP contribution >= 0.6 is 11.6 Å². The number of benzene rings is 1. The van der Waals surface area contributed by atoms with Gasteiger partial charge >= 0.3 is 0 Å². The van der Waals surface area contributed by atoms with Crippen LogP contribution in [0.1, 0.15) is 5.56 Å². The lowest BCUT2D eigenvalue weighted by Gasteiger charge is -1.95. The number of halogens is 1. The summed E-state index contributed by atoms with van der Waals surface area (Å²) in [5.41, 5.74) is 5.78. The summed E-state index contributed by atoms with van der Waals surface area (Å²) in [6.07, 6.45) is 0. The Kier molecular flexibility index (Phi) is 2.98. The molecular formula is C9H8ClNO. The zero-order chi connectivity index (χ0) is 8.97. The molecule has 0 unspecified atom stereocenters. The van der Waals surface area contributed by atoms with E-state index in [2.05, 4.69) is 11.8 Å². The number of nitrogens with two attached hydrogens (primary N) is 1. The van der Waals surface area contributed by atoms with Crippen LogP contribution in [0.5, 0.6) is 5.75 Å². The summed E-state index contributed by atoms with van der Waals surface area (Å²) in [5.74, 6) is 5.55. The Labute approximate surface area is 76.0 Å². The number of aromatic hydroxyl groups is 1. The fourth-order valence-corrected chi connectivity index (χ4v) is 0.920. The SMILES string of the molecule is NCC#Cc1cc(O)ccc1Cl. The van der Waals surface area contributed by atoms with Crippen LogP contribution in [0, 0.1) is 11.8 Å². The summed E-state index contributed by atoms with van der Waals surface area (Å²) in [4.78, 5) is 0. The van der Waals surface area contributed by atoms with Crippen LogP contribution in [0.4, 0.5) is 0 Å². The van der Waals surface area contributed by atoms with E-state index in [9.17, 15) is 0 Å². The molecule has 0 saturated carbocycles. The van der Waals surface area contributed by atoms with Crippen molar-refractivity contribution < 1.29 is 5.11 Å². The van der Waals surface area contributed by atoms with Crippen molar-refractivity contribution in [1.82, 2.24) is 0 Å². The zero-order valence-electron chi connectivity index (χ0n) is 6.34. The maximum atomic E-state index is 9.08. The molecular weight excluding hydrogens is 174 g/mol. The summed E-state index contributed by atoms with van der Waals surface area (Å²) < 4.78 is 0. The third-order valence-electron chi connectivity index (χ3n) is 1.28. The maximum absolute atomic E-state index is 9.08. The largest absolute Gasteiger partial charge is 0.508 e. The van der Waals surface area contributed by atoms with E-state index >= 15 is 0 Å². The van der Waals surface area contributed by atoms with Gasteiger partial charge in [-0.1, -0.05) is 23.4 Å². The van der Waals surface area contributed by atoms with E-state index < -0.39 is 0 Å². The summed E-state index contributed by atoms with van der Waals surface area (Å²) in [6.45, 7) is 0.284. The molecule has 0 aromatic heterocycles. The standard InChI is InChI=1S/C9H8ClNO/c10-9-4-3-8(12)6-7(9)2-1-5-11/h3-4,6,12H,5,11H2. The van der Waals surface area contributed by atoms with Gasteiger partial charge in [0.05, 0.1) is 11.6 Å². The van der Waals surface area contributed by atoms with Crippen molar-refractivity contribution in [3.05, 3.63) is 28.8 Å². The van der Waals surface area contributed by atoms with Gasteiger partial charge in [0.15, 0.2) is 0 Å². The third kappa shape index (κ3) is 2.16. The molecule has 2 nitrogen and oxygen atoms in total. The molecule has 0 radical (unpaired) electrons. The summed E-state index contributed by atoms with van der Waals surface area (Å²) >= 11 is 5.78. The number of phenolic OH excluding ortho intramolecular Hbond substituents is 1. The highest BCUT2D eigenvalue weighted by Gasteiger charge is 1.96. The quantitative estimate of drug-likeness (QED) is 0.594. The molecule has 1 aromatic rings. The van der Waals surface area contributed by atoms with Crippen molar-refractivity contribution in [1.29, 1.82) is 0 Å². The van der Waals surface area contributed by atoms with Crippen molar-refractivity contribution in [2.45, 2.75) is 0 Å². The molecule has 0 atom stereocenters. The lowest BCUT2D eigenvalue weighted by atomic mass is 10.2. The number of hydrogen-bond acceptors (Lipinski definition) is 2. The molecule has 0 saturated heterocycles. The van der Waals surface area contributed by atoms with Crippen LogP contribution < -0.4 is 5.73 Å². The average Bonchev–Trinajstić information content (AvgIpc) is 2.07. The minimum absolute atomic E-state index is 0.153. The van der Waals surface area contributed by atoms with Gasteiger partial charge in [-0.3, -0.25) is 0 Å². The first-order valence-electron chi connectivity index (χ1n) is 3.41. The Morgan fingerprint density at radius 2 is 2.25 bits per heavy atom. The van der Waals surface area contributed by atoms with Crippen molar-refractivity contribution in [2.24, 2.45) is 5.73 Å². The molecule has 0 aliphatic carbocycles. The van der Waals surface area contributed by atoms with Crippen molar-refractivity contribution in [3.8, 4) is 17.6 Å². The zero-order valence-corrected chi connectivity index (χ0v) is 7.10. The molecule has 0 bridgehead atoms. The highest BCUT2D eigenvalue weighted by molar-refractivity contribution is 6.31. The van der Waals surface area contributed by atoms with Crippen molar-refractivity contribution in [2.75, 3.05) is 6.54 Å². The molecule has 0 amide bonds. The Morgan fingerprint density at radius 3 is 2.92 bits per heavy atom.